The van der Waals surface area contributed by atoms with Crippen LogP contribution >= 0.6 is 0 Å². The summed E-state index contributed by atoms with van der Waals surface area (Å²) in [7, 11) is 0. The second-order valence-corrected chi connectivity index (χ2v) is 7.97. The van der Waals surface area contributed by atoms with Gasteiger partial charge < -0.3 is 24.8 Å². The number of esters is 1. The third-order valence-electron chi connectivity index (χ3n) is 4.36. The van der Waals surface area contributed by atoms with Gasteiger partial charge in [-0.3, -0.25) is 0 Å². The lowest BCUT2D eigenvalue weighted by molar-refractivity contribution is -0.142. The Morgan fingerprint density at radius 2 is 1.59 bits per heavy atom. The number of rotatable bonds is 16. The topological polar surface area (TPSA) is 96.2 Å². The van der Waals surface area contributed by atoms with Crippen molar-refractivity contribution >= 4 is 5.97 Å². The lowest BCUT2D eigenvalue weighted by Crippen LogP contribution is -2.27. The Morgan fingerprint density at radius 1 is 0.963 bits per heavy atom. The fraction of sp³-hybridized carbons (Fsp3) is 0.857. The second kappa shape index (κ2) is 16.0. The molecule has 0 aromatic rings. The summed E-state index contributed by atoms with van der Waals surface area (Å²) in [6.07, 6.45) is 6.47. The molecule has 0 amide bonds. The second-order valence-electron chi connectivity index (χ2n) is 7.97. The zero-order chi connectivity index (χ0) is 20.7. The Labute approximate surface area is 164 Å². The largest absolute Gasteiger partial charge is 0.460 e. The number of ether oxygens (including phenoxy) is 2. The Morgan fingerprint density at radius 3 is 2.22 bits per heavy atom. The lowest BCUT2D eigenvalue weighted by Gasteiger charge is -2.13. The molecule has 0 aliphatic carbocycles. The molecular formula is C21H40O6. The van der Waals surface area contributed by atoms with Crippen LogP contribution in [0, 0.1) is 11.8 Å². The van der Waals surface area contributed by atoms with Gasteiger partial charge in [-0.25, -0.2) is 4.79 Å². The quantitative estimate of drug-likeness (QED) is 0.278. The van der Waals surface area contributed by atoms with E-state index < -0.39 is 24.8 Å². The number of hydrogen-bond donors (Lipinski definition) is 3. The lowest BCUT2D eigenvalue weighted by atomic mass is 9.94. The maximum atomic E-state index is 11.8. The summed E-state index contributed by atoms with van der Waals surface area (Å²) in [5.74, 6) is 1.01. The standard InChI is InChI=1S/C21H40O6/c1-16(2)7-5-8-17(3)9-6-10-18(4)11-21(25)27-15-20(24)14-26-13-19(23)12-22/h11,16-17,19-20,22-24H,5-10,12-15H2,1-4H3. The van der Waals surface area contributed by atoms with E-state index in [0.29, 0.717) is 5.92 Å². The van der Waals surface area contributed by atoms with Gasteiger partial charge in [-0.1, -0.05) is 52.0 Å². The van der Waals surface area contributed by atoms with Gasteiger partial charge in [-0.2, -0.15) is 0 Å². The van der Waals surface area contributed by atoms with Gasteiger partial charge in [0.1, 0.15) is 18.8 Å². The highest BCUT2D eigenvalue weighted by Crippen LogP contribution is 2.19. The molecule has 0 fully saturated rings. The third kappa shape index (κ3) is 16.9. The monoisotopic (exact) mass is 388 g/mol. The molecule has 0 heterocycles. The van der Waals surface area contributed by atoms with Gasteiger partial charge >= 0.3 is 5.97 Å². The van der Waals surface area contributed by atoms with Crippen LogP contribution in [-0.2, 0) is 14.3 Å². The predicted molar refractivity (Wildman–Crippen MR) is 106 cm³/mol. The molecule has 3 unspecified atom stereocenters. The molecule has 0 bridgehead atoms. The molecule has 0 spiro atoms. The molecule has 0 saturated heterocycles. The van der Waals surface area contributed by atoms with E-state index in [0.717, 1.165) is 30.8 Å². The average molecular weight is 389 g/mol. The highest BCUT2D eigenvalue weighted by atomic mass is 16.5. The van der Waals surface area contributed by atoms with E-state index in [9.17, 15) is 9.90 Å². The number of aliphatic hydroxyl groups is 3. The van der Waals surface area contributed by atoms with E-state index in [4.69, 9.17) is 19.7 Å². The van der Waals surface area contributed by atoms with E-state index >= 15 is 0 Å². The first-order valence-electron chi connectivity index (χ1n) is 10.1. The highest BCUT2D eigenvalue weighted by Gasteiger charge is 2.10. The first-order chi connectivity index (χ1) is 12.7. The molecule has 3 N–H and O–H groups in total. The first kappa shape index (κ1) is 26.1. The van der Waals surface area contributed by atoms with Crippen molar-refractivity contribution in [2.75, 3.05) is 26.4 Å². The van der Waals surface area contributed by atoms with E-state index in [1.165, 1.54) is 25.3 Å². The van der Waals surface area contributed by atoms with Gasteiger partial charge in [0.25, 0.3) is 0 Å². The van der Waals surface area contributed by atoms with Crippen LogP contribution in [0.4, 0.5) is 0 Å². The minimum absolute atomic E-state index is 0.0677. The van der Waals surface area contributed by atoms with Crippen LogP contribution in [-0.4, -0.2) is 59.9 Å². The number of allylic oxidation sites excluding steroid dienone is 1. The highest BCUT2D eigenvalue weighted by molar-refractivity contribution is 5.82. The van der Waals surface area contributed by atoms with Crippen molar-refractivity contribution in [3.63, 3.8) is 0 Å². The molecule has 0 radical (unpaired) electrons. The van der Waals surface area contributed by atoms with Gasteiger partial charge in [0, 0.05) is 6.08 Å². The van der Waals surface area contributed by atoms with Gasteiger partial charge in [-0.15, -0.1) is 0 Å². The molecule has 0 rings (SSSR count). The van der Waals surface area contributed by atoms with Crippen molar-refractivity contribution in [3.8, 4) is 0 Å². The van der Waals surface area contributed by atoms with Gasteiger partial charge in [0.15, 0.2) is 0 Å². The summed E-state index contributed by atoms with van der Waals surface area (Å²) in [6.45, 7) is 8.02. The number of carbonyl (C=O) groups excluding carboxylic acids is 1. The molecule has 0 aromatic heterocycles. The van der Waals surface area contributed by atoms with Crippen molar-refractivity contribution in [2.45, 2.75) is 78.4 Å². The summed E-state index contributed by atoms with van der Waals surface area (Å²) in [5.41, 5.74) is 0.978. The molecule has 0 aromatic carbocycles. The molecule has 6 heteroatoms. The van der Waals surface area contributed by atoms with Crippen molar-refractivity contribution in [1.29, 1.82) is 0 Å². The van der Waals surface area contributed by atoms with Crippen molar-refractivity contribution in [3.05, 3.63) is 11.6 Å². The fourth-order valence-corrected chi connectivity index (χ4v) is 2.68. The first-order valence-corrected chi connectivity index (χ1v) is 10.1. The molecule has 27 heavy (non-hydrogen) atoms. The number of aliphatic hydroxyl groups excluding tert-OH is 3. The molecule has 0 aliphatic rings. The maximum Gasteiger partial charge on any atom is 0.330 e. The minimum Gasteiger partial charge on any atom is -0.460 e. The summed E-state index contributed by atoms with van der Waals surface area (Å²) in [4.78, 5) is 11.8. The molecule has 0 saturated carbocycles. The average Bonchev–Trinajstić information content (AvgIpc) is 2.59. The molecule has 6 nitrogen and oxygen atoms in total. The van der Waals surface area contributed by atoms with Crippen LogP contribution < -0.4 is 0 Å². The Balaban J connectivity index is 3.85. The summed E-state index contributed by atoms with van der Waals surface area (Å²) in [6, 6.07) is 0. The normalized spacial score (nSPS) is 15.6. The fourth-order valence-electron chi connectivity index (χ4n) is 2.68. The van der Waals surface area contributed by atoms with Gasteiger partial charge in [0.05, 0.1) is 19.8 Å². The van der Waals surface area contributed by atoms with Crippen LogP contribution in [0.5, 0.6) is 0 Å². The van der Waals surface area contributed by atoms with Crippen molar-refractivity contribution in [1.82, 2.24) is 0 Å². The summed E-state index contributed by atoms with van der Waals surface area (Å²) in [5, 5.41) is 27.4. The third-order valence-corrected chi connectivity index (χ3v) is 4.36. The Kier molecular flexibility index (Phi) is 15.5. The van der Waals surface area contributed by atoms with Crippen LogP contribution in [0.1, 0.15) is 66.2 Å². The molecular weight excluding hydrogens is 348 g/mol. The van der Waals surface area contributed by atoms with Crippen LogP contribution in [0.15, 0.2) is 11.6 Å². The molecule has 3 atom stereocenters. The maximum absolute atomic E-state index is 11.8. The van der Waals surface area contributed by atoms with Gasteiger partial charge in [-0.05, 0) is 31.6 Å². The minimum atomic E-state index is -0.969. The van der Waals surface area contributed by atoms with E-state index in [1.807, 2.05) is 6.92 Å². The van der Waals surface area contributed by atoms with Crippen molar-refractivity contribution in [2.24, 2.45) is 11.8 Å². The summed E-state index contributed by atoms with van der Waals surface area (Å²) >= 11 is 0. The zero-order valence-electron chi connectivity index (χ0n) is 17.5. The predicted octanol–water partition coefficient (Wildman–Crippen LogP) is 2.84. The zero-order valence-corrected chi connectivity index (χ0v) is 17.5. The van der Waals surface area contributed by atoms with Crippen LogP contribution in [0.3, 0.4) is 0 Å². The van der Waals surface area contributed by atoms with Crippen molar-refractivity contribution < 1.29 is 29.6 Å². The van der Waals surface area contributed by atoms with Gasteiger partial charge in [0.2, 0.25) is 0 Å². The van der Waals surface area contributed by atoms with Crippen LogP contribution in [0.2, 0.25) is 0 Å². The Bertz CT molecular complexity index is 407. The smallest absolute Gasteiger partial charge is 0.330 e. The van der Waals surface area contributed by atoms with E-state index in [1.54, 1.807) is 0 Å². The SMILES string of the molecule is CC(=CC(=O)OCC(O)COCC(O)CO)CCCC(C)CCCC(C)C. The molecule has 0 aliphatic heterocycles. The summed E-state index contributed by atoms with van der Waals surface area (Å²) < 4.78 is 10.0. The van der Waals surface area contributed by atoms with E-state index in [-0.39, 0.29) is 19.8 Å². The Hall–Kier alpha value is -0.950. The number of hydrogen-bond acceptors (Lipinski definition) is 6. The van der Waals surface area contributed by atoms with Crippen LogP contribution in [0.25, 0.3) is 0 Å². The number of carbonyl (C=O) groups is 1. The van der Waals surface area contributed by atoms with E-state index in [2.05, 4.69) is 20.8 Å². The molecule has 160 valence electrons.